The first-order valence-electron chi connectivity index (χ1n) is 6.30. The van der Waals surface area contributed by atoms with Crippen molar-refractivity contribution in [1.82, 2.24) is 0 Å². The summed E-state index contributed by atoms with van der Waals surface area (Å²) in [6, 6.07) is 3.76. The van der Waals surface area contributed by atoms with E-state index in [9.17, 15) is 4.79 Å². The first-order chi connectivity index (χ1) is 8.85. The second-order valence-electron chi connectivity index (χ2n) is 5.53. The van der Waals surface area contributed by atoms with Gasteiger partial charge in [-0.2, -0.15) is 0 Å². The van der Waals surface area contributed by atoms with Gasteiger partial charge in [0.25, 0.3) is 0 Å². The first-order valence-corrected chi connectivity index (χ1v) is 7.10. The molecule has 1 amide bonds. The molecule has 0 unspecified atom stereocenters. The van der Waals surface area contributed by atoms with Gasteiger partial charge in [-0.3, -0.25) is 5.32 Å². The van der Waals surface area contributed by atoms with Crippen molar-refractivity contribution in [2.45, 2.75) is 39.2 Å². The Hall–Kier alpha value is -1.23. The minimum Gasteiger partial charge on any atom is -0.492 e. The number of nitrogens with one attached hydrogen (secondary N) is 1. The zero-order valence-electron chi connectivity index (χ0n) is 11.4. The van der Waals surface area contributed by atoms with Crippen LogP contribution in [0.3, 0.4) is 0 Å². The maximum absolute atomic E-state index is 11.7. The van der Waals surface area contributed by atoms with Crippen LogP contribution in [0.2, 0.25) is 0 Å². The summed E-state index contributed by atoms with van der Waals surface area (Å²) in [5.41, 5.74) is 1.32. The van der Waals surface area contributed by atoms with Crippen molar-refractivity contribution in [3.8, 4) is 5.75 Å². The number of carbonyl (C=O) groups excluding carboxylic acids is 1. The molecular weight excluding hydrogens is 310 g/mol. The number of benzene rings is 1. The monoisotopic (exact) mass is 327 g/mol. The normalized spacial score (nSPS) is 14.3. The van der Waals surface area contributed by atoms with Gasteiger partial charge in [-0.1, -0.05) is 0 Å². The number of aryl methyl sites for hydroxylation is 1. The van der Waals surface area contributed by atoms with E-state index in [1.165, 1.54) is 0 Å². The Labute approximate surface area is 121 Å². The molecule has 0 spiro atoms. The largest absolute Gasteiger partial charge is 0.492 e. The van der Waals surface area contributed by atoms with Crippen molar-refractivity contribution in [2.75, 3.05) is 11.9 Å². The highest BCUT2D eigenvalue weighted by atomic mass is 79.9. The lowest BCUT2D eigenvalue weighted by atomic mass is 10.1. The van der Waals surface area contributed by atoms with Crippen LogP contribution >= 0.6 is 15.9 Å². The van der Waals surface area contributed by atoms with Crippen LogP contribution in [0.1, 0.15) is 32.8 Å². The number of amides is 1. The van der Waals surface area contributed by atoms with Crippen LogP contribution < -0.4 is 10.1 Å². The average molecular weight is 328 g/mol. The van der Waals surface area contributed by atoms with Crippen molar-refractivity contribution in [3.63, 3.8) is 0 Å². The molecule has 1 aromatic carbocycles. The number of hydrogen-bond donors (Lipinski definition) is 1. The molecule has 0 fully saturated rings. The van der Waals surface area contributed by atoms with E-state index >= 15 is 0 Å². The zero-order chi connectivity index (χ0) is 14.0. The number of anilines is 1. The zero-order valence-corrected chi connectivity index (χ0v) is 13.0. The molecule has 19 heavy (non-hydrogen) atoms. The van der Waals surface area contributed by atoms with Crippen LogP contribution in [-0.2, 0) is 11.2 Å². The van der Waals surface area contributed by atoms with E-state index in [-0.39, 0.29) is 0 Å². The fourth-order valence-corrected chi connectivity index (χ4v) is 2.54. The van der Waals surface area contributed by atoms with Crippen molar-refractivity contribution < 1.29 is 14.3 Å². The van der Waals surface area contributed by atoms with Crippen LogP contribution in [-0.4, -0.2) is 18.3 Å². The topological polar surface area (TPSA) is 47.6 Å². The highest BCUT2D eigenvalue weighted by molar-refractivity contribution is 9.10. The standard InChI is InChI=1S/C14H18BrNO3/c1-14(2,3)19-13(17)16-10-7-9-5-4-6-18-12(9)11(15)8-10/h7-8H,4-6H2,1-3H3,(H,16,17). The third-order valence-corrected chi connectivity index (χ3v) is 3.19. The van der Waals surface area contributed by atoms with E-state index in [0.717, 1.165) is 35.2 Å². The summed E-state index contributed by atoms with van der Waals surface area (Å²) in [7, 11) is 0. The van der Waals surface area contributed by atoms with Crippen LogP contribution in [0.5, 0.6) is 5.75 Å². The van der Waals surface area contributed by atoms with Gasteiger partial charge in [0.2, 0.25) is 0 Å². The van der Waals surface area contributed by atoms with Crippen LogP contribution in [0.15, 0.2) is 16.6 Å². The number of halogens is 1. The molecule has 0 saturated carbocycles. The molecule has 1 heterocycles. The molecule has 2 rings (SSSR count). The van der Waals surface area contributed by atoms with Gasteiger partial charge in [-0.05, 0) is 67.2 Å². The van der Waals surface area contributed by atoms with Crippen molar-refractivity contribution in [2.24, 2.45) is 0 Å². The first kappa shape index (κ1) is 14.2. The molecule has 1 N–H and O–H groups in total. The molecule has 0 atom stereocenters. The van der Waals surface area contributed by atoms with Crippen molar-refractivity contribution >= 4 is 27.7 Å². The molecule has 0 saturated heterocycles. The Morgan fingerprint density at radius 1 is 1.42 bits per heavy atom. The second-order valence-corrected chi connectivity index (χ2v) is 6.38. The van der Waals surface area contributed by atoms with Crippen LogP contribution in [0.4, 0.5) is 10.5 Å². The fraction of sp³-hybridized carbons (Fsp3) is 0.500. The second kappa shape index (κ2) is 5.41. The summed E-state index contributed by atoms with van der Waals surface area (Å²) in [5.74, 6) is 0.876. The average Bonchev–Trinajstić information content (AvgIpc) is 2.26. The van der Waals surface area contributed by atoms with Crippen LogP contribution in [0.25, 0.3) is 0 Å². The predicted octanol–water partition coefficient (Wildman–Crippen LogP) is 4.12. The molecule has 4 nitrogen and oxygen atoms in total. The molecule has 1 aliphatic heterocycles. The SMILES string of the molecule is CC(C)(C)OC(=O)Nc1cc(Br)c2c(c1)CCCO2. The summed E-state index contributed by atoms with van der Waals surface area (Å²) in [6.45, 7) is 6.25. The summed E-state index contributed by atoms with van der Waals surface area (Å²) >= 11 is 3.47. The number of fused-ring (bicyclic) bond motifs is 1. The number of ether oxygens (including phenoxy) is 2. The van der Waals surface area contributed by atoms with E-state index in [0.29, 0.717) is 5.69 Å². The minimum absolute atomic E-state index is 0.448. The highest BCUT2D eigenvalue weighted by Crippen LogP contribution is 2.36. The third-order valence-electron chi connectivity index (χ3n) is 2.60. The Morgan fingerprint density at radius 3 is 2.84 bits per heavy atom. The lowest BCUT2D eigenvalue weighted by molar-refractivity contribution is 0.0636. The maximum atomic E-state index is 11.7. The number of rotatable bonds is 1. The molecular formula is C14H18BrNO3. The quantitative estimate of drug-likeness (QED) is 0.843. The lowest BCUT2D eigenvalue weighted by Gasteiger charge is -2.22. The van der Waals surface area contributed by atoms with Gasteiger partial charge in [0, 0.05) is 5.69 Å². The Bertz CT molecular complexity index is 494. The molecule has 104 valence electrons. The summed E-state index contributed by atoms with van der Waals surface area (Å²) in [5, 5.41) is 2.74. The lowest BCUT2D eigenvalue weighted by Crippen LogP contribution is -2.27. The molecule has 1 aromatic rings. The summed E-state index contributed by atoms with van der Waals surface area (Å²) in [6.07, 6.45) is 1.50. The van der Waals surface area contributed by atoms with Gasteiger partial charge in [0.05, 0.1) is 11.1 Å². The van der Waals surface area contributed by atoms with Gasteiger partial charge in [-0.15, -0.1) is 0 Å². The number of hydrogen-bond acceptors (Lipinski definition) is 3. The Kier molecular flexibility index (Phi) is 4.04. The van der Waals surface area contributed by atoms with Crippen LogP contribution in [0, 0.1) is 0 Å². The highest BCUT2D eigenvalue weighted by Gasteiger charge is 2.19. The van der Waals surface area contributed by atoms with E-state index in [1.807, 2.05) is 32.9 Å². The van der Waals surface area contributed by atoms with E-state index in [4.69, 9.17) is 9.47 Å². The fourth-order valence-electron chi connectivity index (χ4n) is 1.93. The molecule has 0 aliphatic carbocycles. The van der Waals surface area contributed by atoms with Crippen molar-refractivity contribution in [3.05, 3.63) is 22.2 Å². The Morgan fingerprint density at radius 2 is 2.16 bits per heavy atom. The molecule has 0 radical (unpaired) electrons. The maximum Gasteiger partial charge on any atom is 0.412 e. The molecule has 0 aromatic heterocycles. The van der Waals surface area contributed by atoms with Gasteiger partial charge >= 0.3 is 6.09 Å². The van der Waals surface area contributed by atoms with E-state index in [1.54, 1.807) is 0 Å². The van der Waals surface area contributed by atoms with Gasteiger partial charge < -0.3 is 9.47 Å². The molecule has 0 bridgehead atoms. The van der Waals surface area contributed by atoms with Gasteiger partial charge in [0.15, 0.2) is 0 Å². The smallest absolute Gasteiger partial charge is 0.412 e. The third kappa shape index (κ3) is 3.86. The number of carbonyl (C=O) groups is 1. The van der Waals surface area contributed by atoms with E-state index in [2.05, 4.69) is 21.2 Å². The van der Waals surface area contributed by atoms with Gasteiger partial charge in [0.1, 0.15) is 11.4 Å². The summed E-state index contributed by atoms with van der Waals surface area (Å²) < 4.78 is 11.7. The summed E-state index contributed by atoms with van der Waals surface area (Å²) in [4.78, 5) is 11.7. The minimum atomic E-state index is -0.501. The van der Waals surface area contributed by atoms with E-state index < -0.39 is 11.7 Å². The van der Waals surface area contributed by atoms with Gasteiger partial charge in [-0.25, -0.2) is 4.79 Å². The van der Waals surface area contributed by atoms with Crippen molar-refractivity contribution in [1.29, 1.82) is 0 Å². The predicted molar refractivity (Wildman–Crippen MR) is 77.8 cm³/mol. The molecule has 5 heteroatoms. The molecule has 1 aliphatic rings. The Balaban J connectivity index is 2.13.